The molecule has 0 saturated heterocycles. The Bertz CT molecular complexity index is 1180. The fourth-order valence-electron chi connectivity index (χ4n) is 4.16. The fourth-order valence-corrected chi connectivity index (χ4v) is 4.16. The Balaban J connectivity index is 1.88. The second kappa shape index (κ2) is 9.00. The van der Waals surface area contributed by atoms with E-state index in [1.54, 1.807) is 19.4 Å². The molecule has 32 heavy (non-hydrogen) atoms. The molecule has 0 bridgehead atoms. The molecule has 1 N–H and O–H groups in total. The number of rotatable bonds is 8. The van der Waals surface area contributed by atoms with Crippen molar-refractivity contribution in [3.05, 3.63) is 58.0 Å². The lowest BCUT2D eigenvalue weighted by molar-refractivity contribution is 0.0694. The molecule has 0 amide bonds. The molecule has 168 valence electrons. The normalized spacial score (nSPS) is 14.8. The highest BCUT2D eigenvalue weighted by Crippen LogP contribution is 2.43. The molecule has 1 aliphatic rings. The summed E-state index contributed by atoms with van der Waals surface area (Å²) in [6.45, 7) is 5.26. The lowest BCUT2D eigenvalue weighted by Crippen LogP contribution is -2.28. The van der Waals surface area contributed by atoms with E-state index in [4.69, 9.17) is 14.0 Å². The predicted molar refractivity (Wildman–Crippen MR) is 118 cm³/mol. The van der Waals surface area contributed by atoms with E-state index in [0.29, 0.717) is 36.8 Å². The molecule has 0 fully saturated rings. The third-order valence-electron chi connectivity index (χ3n) is 5.80. The third kappa shape index (κ3) is 4.05. The predicted octanol–water partition coefficient (Wildman–Crippen LogP) is 4.04. The first-order chi connectivity index (χ1) is 15.4. The number of nitrogens with zero attached hydrogens (tertiary/aromatic N) is 2. The van der Waals surface area contributed by atoms with Gasteiger partial charge in [-0.15, -0.1) is 0 Å². The molecule has 2 aromatic heterocycles. The molecular formula is C24H26N2O6. The van der Waals surface area contributed by atoms with Crippen LogP contribution in [-0.4, -0.2) is 41.1 Å². The summed E-state index contributed by atoms with van der Waals surface area (Å²) in [5.41, 5.74) is 2.56. The van der Waals surface area contributed by atoms with E-state index in [0.717, 1.165) is 23.1 Å². The largest absolute Gasteiger partial charge is 0.493 e. The third-order valence-corrected chi connectivity index (χ3v) is 5.80. The van der Waals surface area contributed by atoms with Crippen LogP contribution in [0.5, 0.6) is 5.75 Å². The maximum atomic E-state index is 12.5. The highest BCUT2D eigenvalue weighted by Gasteiger charge is 2.29. The summed E-state index contributed by atoms with van der Waals surface area (Å²) in [5.74, 6) is 0.237. The van der Waals surface area contributed by atoms with E-state index in [1.807, 2.05) is 16.7 Å². The van der Waals surface area contributed by atoms with Crippen molar-refractivity contribution in [2.45, 2.75) is 32.7 Å². The molecule has 3 aromatic rings. The highest BCUT2D eigenvalue weighted by molar-refractivity contribution is 5.88. The van der Waals surface area contributed by atoms with E-state index >= 15 is 0 Å². The molecule has 1 aliphatic heterocycles. The Hall–Kier alpha value is -3.39. The Kier molecular flexibility index (Phi) is 6.14. The van der Waals surface area contributed by atoms with Gasteiger partial charge in [0.1, 0.15) is 11.3 Å². The number of pyridine rings is 1. The molecule has 0 spiro atoms. The maximum absolute atomic E-state index is 12.5. The van der Waals surface area contributed by atoms with Gasteiger partial charge in [-0.1, -0.05) is 19.0 Å². The number of hydrogen-bond donors (Lipinski definition) is 1. The smallest absolute Gasteiger partial charge is 0.341 e. The summed E-state index contributed by atoms with van der Waals surface area (Å²) >= 11 is 0. The average molecular weight is 438 g/mol. The number of methoxy groups -OCH3 is 1. The van der Waals surface area contributed by atoms with E-state index in [9.17, 15) is 14.7 Å². The van der Waals surface area contributed by atoms with Gasteiger partial charge in [0.05, 0.1) is 24.1 Å². The van der Waals surface area contributed by atoms with Crippen molar-refractivity contribution >= 4 is 5.97 Å². The topological polar surface area (TPSA) is 104 Å². The Labute approximate surface area is 185 Å². The maximum Gasteiger partial charge on any atom is 0.341 e. The quantitative estimate of drug-likeness (QED) is 0.529. The molecule has 0 saturated carbocycles. The number of carboxylic acid groups (broad SMARTS) is 1. The van der Waals surface area contributed by atoms with Gasteiger partial charge in [-0.2, -0.15) is 0 Å². The van der Waals surface area contributed by atoms with Gasteiger partial charge in [-0.3, -0.25) is 4.79 Å². The number of hydrogen-bond acceptors (Lipinski definition) is 6. The minimum absolute atomic E-state index is 0.00803. The van der Waals surface area contributed by atoms with E-state index in [-0.39, 0.29) is 17.5 Å². The summed E-state index contributed by atoms with van der Waals surface area (Å²) < 4.78 is 18.5. The van der Waals surface area contributed by atoms with Crippen LogP contribution in [0.4, 0.5) is 0 Å². The molecule has 1 aromatic carbocycles. The molecule has 1 atom stereocenters. The van der Waals surface area contributed by atoms with Crippen molar-refractivity contribution in [2.75, 3.05) is 20.3 Å². The van der Waals surface area contributed by atoms with Crippen LogP contribution in [0.25, 0.3) is 22.6 Å². The van der Waals surface area contributed by atoms with Gasteiger partial charge in [0.15, 0.2) is 11.2 Å². The fraction of sp³-hybridized carbons (Fsp3) is 0.375. The zero-order chi connectivity index (χ0) is 22.8. The average Bonchev–Trinajstić information content (AvgIpc) is 3.29. The number of fused-ring (bicyclic) bond motifs is 3. The lowest BCUT2D eigenvalue weighted by atomic mass is 9.86. The Morgan fingerprint density at radius 1 is 1.28 bits per heavy atom. The number of carbonyl (C=O) groups is 1. The summed E-state index contributed by atoms with van der Waals surface area (Å²) in [6.07, 6.45) is 4.47. The van der Waals surface area contributed by atoms with Crippen LogP contribution in [0.1, 0.15) is 42.2 Å². The van der Waals surface area contributed by atoms with Crippen molar-refractivity contribution in [3.63, 3.8) is 0 Å². The Morgan fingerprint density at radius 2 is 2.09 bits per heavy atom. The molecule has 0 aliphatic carbocycles. The van der Waals surface area contributed by atoms with Crippen molar-refractivity contribution < 1.29 is 23.9 Å². The number of ether oxygens (including phenoxy) is 2. The molecule has 0 radical (unpaired) electrons. The molecule has 8 nitrogen and oxygen atoms in total. The molecule has 3 heterocycles. The minimum Gasteiger partial charge on any atom is -0.493 e. The first-order valence-electron chi connectivity index (χ1n) is 10.6. The van der Waals surface area contributed by atoms with Crippen LogP contribution in [0, 0.1) is 5.92 Å². The zero-order valence-corrected chi connectivity index (χ0v) is 18.3. The highest BCUT2D eigenvalue weighted by atomic mass is 16.5. The van der Waals surface area contributed by atoms with Crippen LogP contribution < -0.4 is 10.2 Å². The first-order valence-corrected chi connectivity index (χ1v) is 10.6. The standard InChI is InChI=1S/C24H26N2O6/c1-14(2)19-9-15-10-23(31-8-4-7-30-3)17(22-5-6-25-32-22)11-16(15)20-12-21(27)18(24(28)29)13-26(19)20/h5-6,10-14,19H,4,7-9H2,1-3H3,(H,28,29). The van der Waals surface area contributed by atoms with Gasteiger partial charge in [0.25, 0.3) is 0 Å². The monoisotopic (exact) mass is 438 g/mol. The van der Waals surface area contributed by atoms with E-state index < -0.39 is 11.4 Å². The molecular weight excluding hydrogens is 412 g/mol. The second-order valence-corrected chi connectivity index (χ2v) is 8.24. The van der Waals surface area contributed by atoms with Crippen LogP contribution >= 0.6 is 0 Å². The molecule has 1 unspecified atom stereocenters. The van der Waals surface area contributed by atoms with E-state index in [2.05, 4.69) is 19.0 Å². The van der Waals surface area contributed by atoms with Gasteiger partial charge in [0, 0.05) is 50.1 Å². The van der Waals surface area contributed by atoms with Crippen molar-refractivity contribution in [3.8, 4) is 28.3 Å². The van der Waals surface area contributed by atoms with Crippen LogP contribution in [0.15, 0.2) is 46.0 Å². The van der Waals surface area contributed by atoms with Crippen molar-refractivity contribution in [1.29, 1.82) is 0 Å². The van der Waals surface area contributed by atoms with E-state index in [1.165, 1.54) is 12.3 Å². The van der Waals surface area contributed by atoms with Gasteiger partial charge in [0.2, 0.25) is 0 Å². The number of aromatic nitrogens is 2. The first kappa shape index (κ1) is 21.8. The van der Waals surface area contributed by atoms with Crippen LogP contribution in [-0.2, 0) is 11.2 Å². The summed E-state index contributed by atoms with van der Waals surface area (Å²) in [4.78, 5) is 24.1. The summed E-state index contributed by atoms with van der Waals surface area (Å²) in [6, 6.07) is 7.11. The van der Waals surface area contributed by atoms with Gasteiger partial charge in [-0.25, -0.2) is 4.79 Å². The van der Waals surface area contributed by atoms with Crippen molar-refractivity contribution in [1.82, 2.24) is 9.72 Å². The summed E-state index contributed by atoms with van der Waals surface area (Å²) in [5, 5.41) is 13.3. The lowest BCUT2D eigenvalue weighted by Gasteiger charge is -2.34. The zero-order valence-electron chi connectivity index (χ0n) is 18.3. The van der Waals surface area contributed by atoms with Crippen LogP contribution in [0.2, 0.25) is 0 Å². The van der Waals surface area contributed by atoms with Crippen LogP contribution in [0.3, 0.4) is 0 Å². The number of aromatic carboxylic acids is 1. The number of carboxylic acids is 1. The van der Waals surface area contributed by atoms with Gasteiger partial charge in [-0.05, 0) is 30.0 Å². The molecule has 4 rings (SSSR count). The SMILES string of the molecule is COCCCOc1cc2c(cc1-c1ccno1)-c1cc(=O)c(C(=O)O)cn1C(C(C)C)C2. The van der Waals surface area contributed by atoms with Gasteiger partial charge >= 0.3 is 5.97 Å². The molecule has 8 heteroatoms. The van der Waals surface area contributed by atoms with Gasteiger partial charge < -0.3 is 23.7 Å². The second-order valence-electron chi connectivity index (χ2n) is 8.24. The van der Waals surface area contributed by atoms with Crippen molar-refractivity contribution in [2.24, 2.45) is 5.92 Å². The number of benzene rings is 1. The Morgan fingerprint density at radius 3 is 2.75 bits per heavy atom. The minimum atomic E-state index is -1.22. The summed E-state index contributed by atoms with van der Waals surface area (Å²) in [7, 11) is 1.65.